The molecule has 6 atom stereocenters. The Bertz CT molecular complexity index is 1500. The van der Waals surface area contributed by atoms with Gasteiger partial charge in [-0.2, -0.15) is 0 Å². The van der Waals surface area contributed by atoms with Gasteiger partial charge in [-0.15, -0.1) is 0 Å². The number of carboxylic acid groups (broad SMARTS) is 1. The summed E-state index contributed by atoms with van der Waals surface area (Å²) in [4.78, 5) is 47.8. The molecule has 0 radical (unpaired) electrons. The molecule has 45 heavy (non-hydrogen) atoms. The number of ether oxygens (including phenoxy) is 3. The molecule has 0 saturated heterocycles. The largest absolute Gasteiger partial charge is 0.495 e. The van der Waals surface area contributed by atoms with E-state index in [9.17, 15) is 19.2 Å². The Morgan fingerprint density at radius 3 is 2.27 bits per heavy atom. The molecular weight excluding hydrogens is 572 g/mol. The van der Waals surface area contributed by atoms with Gasteiger partial charge in [-0.25, -0.2) is 4.79 Å². The third-order valence-corrected chi connectivity index (χ3v) is 11.9. The summed E-state index contributed by atoms with van der Waals surface area (Å²) in [6.45, 7) is 13.7. The molecular formula is C37H48O8. The van der Waals surface area contributed by atoms with Gasteiger partial charge in [0.2, 0.25) is 0 Å². The number of ketones is 2. The molecule has 0 bridgehead atoms. The molecule has 244 valence electrons. The van der Waals surface area contributed by atoms with Crippen LogP contribution >= 0.6 is 0 Å². The summed E-state index contributed by atoms with van der Waals surface area (Å²) in [5, 5.41) is 9.08. The van der Waals surface area contributed by atoms with Crippen LogP contribution in [0.25, 0.3) is 0 Å². The van der Waals surface area contributed by atoms with Gasteiger partial charge in [-0.05, 0) is 120 Å². The number of Topliss-reactive ketones (excluding diaryl/α,β-unsaturated/α-hetero) is 1. The van der Waals surface area contributed by atoms with Crippen molar-refractivity contribution in [1.82, 2.24) is 0 Å². The number of hydrogen-bond acceptors (Lipinski definition) is 7. The minimum absolute atomic E-state index is 0.0160. The van der Waals surface area contributed by atoms with Gasteiger partial charge in [0, 0.05) is 24.3 Å². The van der Waals surface area contributed by atoms with Gasteiger partial charge in [0.05, 0.1) is 7.11 Å². The van der Waals surface area contributed by atoms with E-state index in [-0.39, 0.29) is 39.5 Å². The Morgan fingerprint density at radius 2 is 1.64 bits per heavy atom. The fourth-order valence-corrected chi connectivity index (χ4v) is 9.60. The molecule has 0 amide bonds. The number of carboxylic acids is 1. The highest BCUT2D eigenvalue weighted by atomic mass is 16.6. The lowest BCUT2D eigenvalue weighted by Gasteiger charge is -2.58. The standard InChI is InChI=1S/C24H32O4.C13H16O4/c1-14-12-18-19(22(4)9-6-17(27)13-21(14)22)7-10-23(5)20(18)8-11-24(23,15(2)25)28-16(3)26;1-13(2)7-6-8-10(17-13)5-4-9(12(14)15)11(8)16-3/h12-13,18-20H,6-11H2,1-5H3;4-5H,6-7H2,1-3H3,(H,14,15). The maximum Gasteiger partial charge on any atom is 0.339 e. The molecule has 5 aliphatic rings. The van der Waals surface area contributed by atoms with Crippen molar-refractivity contribution in [3.8, 4) is 11.5 Å². The van der Waals surface area contributed by atoms with Crippen LogP contribution in [0.5, 0.6) is 11.5 Å². The molecule has 2 fully saturated rings. The van der Waals surface area contributed by atoms with E-state index in [0.29, 0.717) is 36.3 Å². The molecule has 8 nitrogen and oxygen atoms in total. The van der Waals surface area contributed by atoms with Crippen LogP contribution < -0.4 is 9.47 Å². The second-order valence-electron chi connectivity index (χ2n) is 14.8. The van der Waals surface area contributed by atoms with Crippen molar-refractivity contribution < 1.29 is 38.5 Å². The van der Waals surface area contributed by atoms with Crippen molar-refractivity contribution in [2.24, 2.45) is 28.6 Å². The first-order chi connectivity index (χ1) is 21.0. The molecule has 0 spiro atoms. The van der Waals surface area contributed by atoms with Crippen molar-refractivity contribution >= 4 is 23.5 Å². The number of allylic oxidation sites excluding steroid dienone is 4. The summed E-state index contributed by atoms with van der Waals surface area (Å²) in [5.41, 5.74) is 1.99. The number of benzene rings is 1. The highest BCUT2D eigenvalue weighted by molar-refractivity contribution is 5.93. The minimum Gasteiger partial charge on any atom is -0.495 e. The van der Waals surface area contributed by atoms with E-state index in [1.807, 2.05) is 19.9 Å². The lowest BCUT2D eigenvalue weighted by atomic mass is 9.47. The monoisotopic (exact) mass is 620 g/mol. The van der Waals surface area contributed by atoms with Crippen LogP contribution in [-0.4, -0.2) is 46.9 Å². The topological polar surface area (TPSA) is 116 Å². The van der Waals surface area contributed by atoms with Crippen LogP contribution in [-0.2, 0) is 25.5 Å². The van der Waals surface area contributed by atoms with Gasteiger partial charge in [0.25, 0.3) is 0 Å². The van der Waals surface area contributed by atoms with E-state index >= 15 is 0 Å². The third kappa shape index (κ3) is 5.32. The van der Waals surface area contributed by atoms with Crippen molar-refractivity contribution in [1.29, 1.82) is 0 Å². The second kappa shape index (κ2) is 11.4. The molecule has 6 unspecified atom stereocenters. The first-order valence-electron chi connectivity index (χ1n) is 16.3. The lowest BCUT2D eigenvalue weighted by molar-refractivity contribution is -0.185. The van der Waals surface area contributed by atoms with E-state index in [1.54, 1.807) is 13.0 Å². The molecule has 4 aliphatic carbocycles. The molecule has 1 aromatic rings. The first-order valence-corrected chi connectivity index (χ1v) is 16.3. The van der Waals surface area contributed by atoms with Gasteiger partial charge >= 0.3 is 11.9 Å². The van der Waals surface area contributed by atoms with Gasteiger partial charge in [-0.1, -0.05) is 25.5 Å². The fraction of sp³-hybridized carbons (Fsp3) is 0.622. The zero-order valence-electron chi connectivity index (χ0n) is 28.0. The number of fused-ring (bicyclic) bond motifs is 6. The Balaban J connectivity index is 0.000000201. The average molecular weight is 621 g/mol. The fourth-order valence-electron chi connectivity index (χ4n) is 9.60. The Kier molecular flexibility index (Phi) is 8.37. The quantitative estimate of drug-likeness (QED) is 0.355. The molecule has 1 N–H and O–H groups in total. The predicted molar refractivity (Wildman–Crippen MR) is 169 cm³/mol. The number of hydrogen-bond donors (Lipinski definition) is 1. The Labute approximate surface area is 266 Å². The third-order valence-electron chi connectivity index (χ3n) is 11.9. The summed E-state index contributed by atoms with van der Waals surface area (Å²) in [6.07, 6.45) is 10.8. The number of carbonyl (C=O) groups excluding carboxylic acids is 3. The summed E-state index contributed by atoms with van der Waals surface area (Å²) in [7, 11) is 1.49. The molecule has 6 rings (SSSR count). The molecule has 8 heteroatoms. The van der Waals surface area contributed by atoms with Crippen LogP contribution in [0.15, 0.2) is 35.4 Å². The van der Waals surface area contributed by atoms with E-state index in [4.69, 9.17) is 19.3 Å². The van der Waals surface area contributed by atoms with Crippen molar-refractivity contribution in [3.05, 3.63) is 46.6 Å². The van der Waals surface area contributed by atoms with Crippen molar-refractivity contribution in [2.45, 2.75) is 111 Å². The summed E-state index contributed by atoms with van der Waals surface area (Å²) >= 11 is 0. The number of aromatic carboxylic acids is 1. The smallest absolute Gasteiger partial charge is 0.339 e. The Morgan fingerprint density at radius 1 is 0.956 bits per heavy atom. The highest BCUT2D eigenvalue weighted by Crippen LogP contribution is 2.67. The minimum atomic E-state index is -0.990. The SMILES string of the molecule is CC(=O)OC1(C(C)=O)CCC2C3C=C(C)C4=CC(=O)CCC4(C)C3CCC21C.COc1c(C(=O)O)ccc2c1CCC(C)(C)O2. The zero-order valence-corrected chi connectivity index (χ0v) is 28.0. The summed E-state index contributed by atoms with van der Waals surface area (Å²) < 4.78 is 16.9. The molecule has 2 saturated carbocycles. The molecule has 1 heterocycles. The van der Waals surface area contributed by atoms with E-state index < -0.39 is 11.6 Å². The van der Waals surface area contributed by atoms with Gasteiger partial charge in [-0.3, -0.25) is 14.4 Å². The van der Waals surface area contributed by atoms with Gasteiger partial charge in [0.15, 0.2) is 17.2 Å². The van der Waals surface area contributed by atoms with Crippen LogP contribution in [0, 0.1) is 28.6 Å². The van der Waals surface area contributed by atoms with Gasteiger partial charge in [0.1, 0.15) is 22.7 Å². The number of rotatable bonds is 4. The Hall–Kier alpha value is -3.42. The lowest BCUT2D eigenvalue weighted by Crippen LogP contribution is -2.58. The number of methoxy groups -OCH3 is 1. The van der Waals surface area contributed by atoms with Crippen LogP contribution in [0.1, 0.15) is 109 Å². The first kappa shape index (κ1) is 33.0. The van der Waals surface area contributed by atoms with Gasteiger partial charge < -0.3 is 19.3 Å². The predicted octanol–water partition coefficient (Wildman–Crippen LogP) is 7.07. The van der Waals surface area contributed by atoms with Crippen molar-refractivity contribution in [3.63, 3.8) is 0 Å². The van der Waals surface area contributed by atoms with Crippen LogP contribution in [0.4, 0.5) is 0 Å². The van der Waals surface area contributed by atoms with Crippen molar-refractivity contribution in [2.75, 3.05) is 7.11 Å². The summed E-state index contributed by atoms with van der Waals surface area (Å²) in [6, 6.07) is 3.24. The average Bonchev–Trinajstić information content (AvgIpc) is 3.25. The summed E-state index contributed by atoms with van der Waals surface area (Å²) in [5.74, 6) is 1.20. The zero-order chi connectivity index (χ0) is 33.1. The van der Waals surface area contributed by atoms with E-state index in [1.165, 1.54) is 31.2 Å². The maximum absolute atomic E-state index is 12.8. The normalized spacial score (nSPS) is 34.1. The number of carbonyl (C=O) groups is 4. The highest BCUT2D eigenvalue weighted by Gasteiger charge is 2.67. The van der Waals surface area contributed by atoms with E-state index in [2.05, 4.69) is 26.8 Å². The second-order valence-corrected chi connectivity index (χ2v) is 14.8. The number of esters is 1. The van der Waals surface area contributed by atoms with E-state index in [0.717, 1.165) is 49.8 Å². The molecule has 1 aliphatic heterocycles. The molecule has 1 aromatic carbocycles. The van der Waals surface area contributed by atoms with Crippen LogP contribution in [0.2, 0.25) is 0 Å². The molecule has 0 aromatic heterocycles. The van der Waals surface area contributed by atoms with Crippen LogP contribution in [0.3, 0.4) is 0 Å². The maximum atomic E-state index is 12.8.